The number of rotatable bonds is 7. The maximum absolute atomic E-state index is 12.2. The first-order valence-corrected chi connectivity index (χ1v) is 8.62. The van der Waals surface area contributed by atoms with Gasteiger partial charge >= 0.3 is 0 Å². The largest absolute Gasteiger partial charge is 0.381 e. The van der Waals surface area contributed by atoms with Crippen molar-refractivity contribution < 1.29 is 13.2 Å². The fourth-order valence-corrected chi connectivity index (χ4v) is 3.32. The fraction of sp³-hybridized carbons (Fsp3) is 0.643. The molecule has 1 aliphatic carbocycles. The molecule has 0 bridgehead atoms. The van der Waals surface area contributed by atoms with Gasteiger partial charge in [-0.25, -0.2) is 18.1 Å². The van der Waals surface area contributed by atoms with Crippen molar-refractivity contribution in [1.82, 2.24) is 15.0 Å². The highest BCUT2D eigenvalue weighted by Gasteiger charge is 2.33. The van der Waals surface area contributed by atoms with Crippen LogP contribution in [0.3, 0.4) is 0 Å². The minimum absolute atomic E-state index is 0.0518. The SMILES string of the molecule is COC1CC(NS(=O)(=O)c2ccc(CNC(C)C)cn2)C1. The average molecular weight is 313 g/mol. The Kier molecular flexibility index (Phi) is 5.32. The zero-order chi connectivity index (χ0) is 15.5. The molecule has 0 unspecified atom stereocenters. The molecule has 1 fully saturated rings. The topological polar surface area (TPSA) is 80.3 Å². The molecule has 1 heterocycles. The van der Waals surface area contributed by atoms with Crippen LogP contribution in [0, 0.1) is 0 Å². The second-order valence-electron chi connectivity index (χ2n) is 5.69. The van der Waals surface area contributed by atoms with Gasteiger partial charge in [-0.05, 0) is 24.5 Å². The molecule has 1 aromatic heterocycles. The lowest BCUT2D eigenvalue weighted by molar-refractivity contribution is 0.0236. The summed E-state index contributed by atoms with van der Waals surface area (Å²) in [4.78, 5) is 4.06. The maximum Gasteiger partial charge on any atom is 0.258 e. The van der Waals surface area contributed by atoms with Crippen LogP contribution in [0.25, 0.3) is 0 Å². The lowest BCUT2D eigenvalue weighted by Gasteiger charge is -2.34. The molecule has 0 atom stereocenters. The molecule has 0 saturated heterocycles. The van der Waals surface area contributed by atoms with Crippen molar-refractivity contribution in [1.29, 1.82) is 0 Å². The molecule has 21 heavy (non-hydrogen) atoms. The van der Waals surface area contributed by atoms with Crippen molar-refractivity contribution in [2.24, 2.45) is 0 Å². The van der Waals surface area contributed by atoms with Crippen LogP contribution in [-0.2, 0) is 21.3 Å². The van der Waals surface area contributed by atoms with E-state index in [9.17, 15) is 8.42 Å². The fourth-order valence-electron chi connectivity index (χ4n) is 2.13. The van der Waals surface area contributed by atoms with E-state index in [1.165, 1.54) is 0 Å². The van der Waals surface area contributed by atoms with Gasteiger partial charge in [0.05, 0.1) is 6.10 Å². The van der Waals surface area contributed by atoms with Gasteiger partial charge in [-0.3, -0.25) is 0 Å². The number of sulfonamides is 1. The van der Waals surface area contributed by atoms with E-state index in [0.29, 0.717) is 25.4 Å². The Labute approximate surface area is 126 Å². The summed E-state index contributed by atoms with van der Waals surface area (Å²) < 4.78 is 32.2. The Balaban J connectivity index is 1.94. The molecule has 0 radical (unpaired) electrons. The Morgan fingerprint density at radius 2 is 2.10 bits per heavy atom. The Morgan fingerprint density at radius 3 is 2.62 bits per heavy atom. The number of nitrogens with zero attached hydrogens (tertiary/aromatic N) is 1. The number of methoxy groups -OCH3 is 1. The summed E-state index contributed by atoms with van der Waals surface area (Å²) in [6.45, 7) is 4.79. The normalized spacial score (nSPS) is 22.3. The van der Waals surface area contributed by atoms with Crippen molar-refractivity contribution in [2.45, 2.75) is 56.4 Å². The maximum atomic E-state index is 12.2. The summed E-state index contributed by atoms with van der Waals surface area (Å²) in [5, 5.41) is 3.33. The van der Waals surface area contributed by atoms with Crippen molar-refractivity contribution in [2.75, 3.05) is 7.11 Å². The predicted octanol–water partition coefficient (Wildman–Crippen LogP) is 1.04. The van der Waals surface area contributed by atoms with Gasteiger partial charge in [-0.15, -0.1) is 0 Å². The minimum atomic E-state index is -3.54. The van der Waals surface area contributed by atoms with Crippen LogP contribution in [-0.4, -0.2) is 38.7 Å². The highest BCUT2D eigenvalue weighted by molar-refractivity contribution is 7.89. The Morgan fingerprint density at radius 1 is 1.38 bits per heavy atom. The lowest BCUT2D eigenvalue weighted by Crippen LogP contribution is -2.47. The van der Waals surface area contributed by atoms with E-state index < -0.39 is 10.0 Å². The number of ether oxygens (including phenoxy) is 1. The molecule has 118 valence electrons. The van der Waals surface area contributed by atoms with E-state index in [1.54, 1.807) is 25.4 Å². The van der Waals surface area contributed by atoms with Crippen LogP contribution in [0.5, 0.6) is 0 Å². The van der Waals surface area contributed by atoms with Crippen LogP contribution in [0.4, 0.5) is 0 Å². The molecule has 7 heteroatoms. The summed E-state index contributed by atoms with van der Waals surface area (Å²) in [7, 11) is -1.90. The van der Waals surface area contributed by atoms with Crippen molar-refractivity contribution in [3.05, 3.63) is 23.9 Å². The zero-order valence-electron chi connectivity index (χ0n) is 12.7. The molecule has 1 aliphatic rings. The van der Waals surface area contributed by atoms with Crippen LogP contribution in [0.1, 0.15) is 32.3 Å². The second kappa shape index (κ2) is 6.83. The molecule has 0 aromatic carbocycles. The number of hydrogen-bond acceptors (Lipinski definition) is 5. The van der Waals surface area contributed by atoms with Crippen LogP contribution >= 0.6 is 0 Å². The first-order chi connectivity index (χ1) is 9.90. The van der Waals surface area contributed by atoms with E-state index in [-0.39, 0.29) is 17.2 Å². The number of nitrogens with one attached hydrogen (secondary N) is 2. The van der Waals surface area contributed by atoms with Crippen LogP contribution < -0.4 is 10.0 Å². The molecule has 6 nitrogen and oxygen atoms in total. The summed E-state index contributed by atoms with van der Waals surface area (Å²) in [5.41, 5.74) is 0.964. The van der Waals surface area contributed by atoms with Gasteiger partial charge in [0.2, 0.25) is 0 Å². The molecular formula is C14H23N3O3S. The number of aromatic nitrogens is 1. The monoisotopic (exact) mass is 313 g/mol. The third-order valence-corrected chi connectivity index (χ3v) is 4.97. The second-order valence-corrected chi connectivity index (χ2v) is 7.35. The van der Waals surface area contributed by atoms with Crippen molar-refractivity contribution >= 4 is 10.0 Å². The van der Waals surface area contributed by atoms with E-state index >= 15 is 0 Å². The van der Waals surface area contributed by atoms with Gasteiger partial charge in [-0.2, -0.15) is 0 Å². The number of pyridine rings is 1. The van der Waals surface area contributed by atoms with Gasteiger partial charge in [0.15, 0.2) is 5.03 Å². The van der Waals surface area contributed by atoms with Crippen LogP contribution in [0.2, 0.25) is 0 Å². The van der Waals surface area contributed by atoms with E-state index in [1.807, 2.05) is 0 Å². The molecule has 0 spiro atoms. The highest BCUT2D eigenvalue weighted by atomic mass is 32.2. The van der Waals surface area contributed by atoms with Crippen molar-refractivity contribution in [3.63, 3.8) is 0 Å². The first kappa shape index (κ1) is 16.4. The summed E-state index contributed by atoms with van der Waals surface area (Å²) in [6.07, 6.45) is 3.19. The van der Waals surface area contributed by atoms with Gasteiger partial charge in [-0.1, -0.05) is 19.9 Å². The lowest BCUT2D eigenvalue weighted by atomic mass is 9.90. The Bertz CT molecular complexity index is 551. The summed E-state index contributed by atoms with van der Waals surface area (Å²) in [5.74, 6) is 0. The smallest absolute Gasteiger partial charge is 0.258 e. The van der Waals surface area contributed by atoms with E-state index in [0.717, 1.165) is 5.56 Å². The zero-order valence-corrected chi connectivity index (χ0v) is 13.5. The quantitative estimate of drug-likeness (QED) is 0.786. The summed E-state index contributed by atoms with van der Waals surface area (Å²) >= 11 is 0. The standard InChI is InChI=1S/C14H23N3O3S/c1-10(2)15-8-11-4-5-14(16-9-11)21(18,19)17-12-6-13(7-12)20-3/h4-5,9-10,12-13,15,17H,6-8H2,1-3H3. The van der Waals surface area contributed by atoms with Gasteiger partial charge < -0.3 is 10.1 Å². The molecule has 2 rings (SSSR count). The van der Waals surface area contributed by atoms with Gasteiger partial charge in [0.25, 0.3) is 10.0 Å². The van der Waals surface area contributed by atoms with E-state index in [4.69, 9.17) is 4.74 Å². The molecule has 1 saturated carbocycles. The highest BCUT2D eigenvalue weighted by Crippen LogP contribution is 2.24. The van der Waals surface area contributed by atoms with E-state index in [2.05, 4.69) is 28.9 Å². The third-order valence-electron chi connectivity index (χ3n) is 3.54. The molecule has 0 amide bonds. The average Bonchev–Trinajstić information content (AvgIpc) is 2.40. The first-order valence-electron chi connectivity index (χ1n) is 7.14. The minimum Gasteiger partial charge on any atom is -0.381 e. The van der Waals surface area contributed by atoms with Crippen LogP contribution in [0.15, 0.2) is 23.4 Å². The third kappa shape index (κ3) is 4.47. The molecule has 2 N–H and O–H groups in total. The van der Waals surface area contributed by atoms with Gasteiger partial charge in [0.1, 0.15) is 0 Å². The molecular weight excluding hydrogens is 290 g/mol. The molecule has 1 aromatic rings. The molecule has 0 aliphatic heterocycles. The van der Waals surface area contributed by atoms with Crippen molar-refractivity contribution in [3.8, 4) is 0 Å². The predicted molar refractivity (Wildman–Crippen MR) is 80.4 cm³/mol. The summed E-state index contributed by atoms with van der Waals surface area (Å²) in [6, 6.07) is 3.66. The Hall–Kier alpha value is -1.02. The van der Waals surface area contributed by atoms with Gasteiger partial charge in [0, 0.05) is 31.9 Å². The number of hydrogen-bond donors (Lipinski definition) is 2.